The number of hydrogen-bond acceptors (Lipinski definition) is 3. The molecular formula is C12H14F2N2O. The summed E-state index contributed by atoms with van der Waals surface area (Å²) in [4.78, 5) is 4.22. The second kappa shape index (κ2) is 5.12. The molecule has 1 atom stereocenters. The van der Waals surface area contributed by atoms with Crippen LogP contribution in [0.5, 0.6) is 5.75 Å². The lowest BCUT2D eigenvalue weighted by Gasteiger charge is -2.18. The maximum Gasteiger partial charge on any atom is 0.165 e. The number of ether oxygens (including phenoxy) is 1. The molecule has 92 valence electrons. The fourth-order valence-electron chi connectivity index (χ4n) is 1.69. The molecule has 2 rings (SSSR count). The van der Waals surface area contributed by atoms with Gasteiger partial charge >= 0.3 is 0 Å². The smallest absolute Gasteiger partial charge is 0.165 e. The van der Waals surface area contributed by atoms with Crippen molar-refractivity contribution in [1.29, 1.82) is 0 Å². The Balaban J connectivity index is 2.15. The van der Waals surface area contributed by atoms with Crippen molar-refractivity contribution in [2.24, 2.45) is 4.99 Å². The van der Waals surface area contributed by atoms with E-state index in [1.54, 1.807) is 0 Å². The average molecular weight is 240 g/mol. The number of rotatable bonds is 4. The quantitative estimate of drug-likeness (QED) is 0.874. The Morgan fingerprint density at radius 1 is 1.47 bits per heavy atom. The van der Waals surface area contributed by atoms with Gasteiger partial charge in [0.25, 0.3) is 0 Å². The standard InChI is InChI=1S/C12H14F2N2O/c1-2-10(12-15-5-6-16-12)17-11-7-8(13)3-4-9(11)14/h3-4,7,10H,2,5-6H2,1H3,(H,15,16). The Morgan fingerprint density at radius 2 is 2.29 bits per heavy atom. The molecule has 0 bridgehead atoms. The van der Waals surface area contributed by atoms with Gasteiger partial charge in [-0.1, -0.05) is 6.92 Å². The highest BCUT2D eigenvalue weighted by Gasteiger charge is 2.20. The molecule has 1 aromatic carbocycles. The summed E-state index contributed by atoms with van der Waals surface area (Å²) in [6, 6.07) is 3.17. The average Bonchev–Trinajstić information content (AvgIpc) is 2.84. The molecule has 17 heavy (non-hydrogen) atoms. The van der Waals surface area contributed by atoms with E-state index in [1.165, 1.54) is 0 Å². The maximum atomic E-state index is 13.4. The number of aliphatic imine (C=N–C) groups is 1. The van der Waals surface area contributed by atoms with Crippen molar-refractivity contribution < 1.29 is 13.5 Å². The summed E-state index contributed by atoms with van der Waals surface area (Å²) in [5.74, 6) is -0.453. The monoisotopic (exact) mass is 240 g/mol. The van der Waals surface area contributed by atoms with Crippen LogP contribution < -0.4 is 10.1 Å². The first kappa shape index (κ1) is 11.8. The molecule has 0 saturated heterocycles. The molecule has 1 N–H and O–H groups in total. The first-order valence-corrected chi connectivity index (χ1v) is 5.60. The van der Waals surface area contributed by atoms with E-state index >= 15 is 0 Å². The minimum atomic E-state index is -0.566. The highest BCUT2D eigenvalue weighted by molar-refractivity contribution is 5.88. The van der Waals surface area contributed by atoms with E-state index in [0.29, 0.717) is 18.8 Å². The van der Waals surface area contributed by atoms with Crippen molar-refractivity contribution in [3.8, 4) is 5.75 Å². The predicted molar refractivity (Wildman–Crippen MR) is 61.4 cm³/mol. The van der Waals surface area contributed by atoms with Crippen LogP contribution in [0.4, 0.5) is 8.78 Å². The fraction of sp³-hybridized carbons (Fsp3) is 0.417. The molecule has 1 aliphatic rings. The zero-order valence-electron chi connectivity index (χ0n) is 9.54. The zero-order valence-corrected chi connectivity index (χ0v) is 9.54. The van der Waals surface area contributed by atoms with Gasteiger partial charge in [0.2, 0.25) is 0 Å². The largest absolute Gasteiger partial charge is 0.479 e. The summed E-state index contributed by atoms with van der Waals surface area (Å²) < 4.78 is 31.8. The summed E-state index contributed by atoms with van der Waals surface area (Å²) in [6.07, 6.45) is 0.288. The van der Waals surface area contributed by atoms with Crippen LogP contribution in [0.3, 0.4) is 0 Å². The summed E-state index contributed by atoms with van der Waals surface area (Å²) >= 11 is 0. The minimum absolute atomic E-state index is 0.0757. The third-order valence-electron chi connectivity index (χ3n) is 2.54. The molecule has 3 nitrogen and oxygen atoms in total. The van der Waals surface area contributed by atoms with Crippen molar-refractivity contribution in [1.82, 2.24) is 5.32 Å². The van der Waals surface area contributed by atoms with E-state index in [-0.39, 0.29) is 11.9 Å². The highest BCUT2D eigenvalue weighted by Crippen LogP contribution is 2.20. The van der Waals surface area contributed by atoms with Gasteiger partial charge in [-0.15, -0.1) is 0 Å². The predicted octanol–water partition coefficient (Wildman–Crippen LogP) is 2.12. The van der Waals surface area contributed by atoms with Crippen LogP contribution in [0.1, 0.15) is 13.3 Å². The first-order valence-electron chi connectivity index (χ1n) is 5.60. The summed E-state index contributed by atoms with van der Waals surface area (Å²) in [5.41, 5.74) is 0. The van der Waals surface area contributed by atoms with E-state index in [4.69, 9.17) is 4.74 Å². The minimum Gasteiger partial charge on any atom is -0.479 e. The van der Waals surface area contributed by atoms with Crippen molar-refractivity contribution in [3.63, 3.8) is 0 Å². The van der Waals surface area contributed by atoms with Crippen LogP contribution in [0.25, 0.3) is 0 Å². The van der Waals surface area contributed by atoms with Crippen LogP contribution in [0.2, 0.25) is 0 Å². The molecule has 0 aliphatic carbocycles. The zero-order chi connectivity index (χ0) is 12.3. The van der Waals surface area contributed by atoms with E-state index < -0.39 is 11.6 Å². The molecule has 0 amide bonds. The first-order chi connectivity index (χ1) is 8.20. The third-order valence-corrected chi connectivity index (χ3v) is 2.54. The van der Waals surface area contributed by atoms with E-state index in [0.717, 1.165) is 24.7 Å². The van der Waals surface area contributed by atoms with E-state index in [9.17, 15) is 8.78 Å². The van der Waals surface area contributed by atoms with Crippen LogP contribution >= 0.6 is 0 Å². The lowest BCUT2D eigenvalue weighted by Crippen LogP contribution is -2.35. The van der Waals surface area contributed by atoms with E-state index in [2.05, 4.69) is 10.3 Å². The van der Waals surface area contributed by atoms with Crippen molar-refractivity contribution in [2.75, 3.05) is 13.1 Å². The van der Waals surface area contributed by atoms with Gasteiger partial charge in [-0.2, -0.15) is 0 Å². The second-order valence-corrected chi connectivity index (χ2v) is 3.78. The Morgan fingerprint density at radius 3 is 2.94 bits per heavy atom. The van der Waals surface area contributed by atoms with Gasteiger partial charge in [0.15, 0.2) is 17.7 Å². The van der Waals surface area contributed by atoms with Crippen molar-refractivity contribution >= 4 is 5.84 Å². The van der Waals surface area contributed by atoms with Gasteiger partial charge < -0.3 is 10.1 Å². The van der Waals surface area contributed by atoms with Crippen molar-refractivity contribution in [3.05, 3.63) is 29.8 Å². The number of nitrogens with zero attached hydrogens (tertiary/aromatic N) is 1. The van der Waals surface area contributed by atoms with Gasteiger partial charge in [0.1, 0.15) is 11.7 Å². The number of halogens is 2. The molecule has 0 aromatic heterocycles. The summed E-state index contributed by atoms with van der Waals surface area (Å²) in [7, 11) is 0. The van der Waals surface area contributed by atoms with Crippen molar-refractivity contribution in [2.45, 2.75) is 19.4 Å². The summed E-state index contributed by atoms with van der Waals surface area (Å²) in [5, 5.41) is 3.07. The van der Waals surface area contributed by atoms with Crippen LogP contribution in [-0.2, 0) is 0 Å². The van der Waals surface area contributed by atoms with Gasteiger partial charge in [-0.3, -0.25) is 4.99 Å². The number of hydrogen-bond donors (Lipinski definition) is 1. The number of nitrogens with one attached hydrogen (secondary N) is 1. The Kier molecular flexibility index (Phi) is 3.56. The Labute approximate surface area is 98.5 Å². The Hall–Kier alpha value is -1.65. The molecule has 0 radical (unpaired) electrons. The van der Waals surface area contributed by atoms with Crippen LogP contribution in [0, 0.1) is 11.6 Å². The van der Waals surface area contributed by atoms with Gasteiger partial charge in [-0.05, 0) is 18.6 Å². The topological polar surface area (TPSA) is 33.6 Å². The lowest BCUT2D eigenvalue weighted by atomic mass is 10.2. The van der Waals surface area contributed by atoms with Gasteiger partial charge in [0, 0.05) is 12.6 Å². The van der Waals surface area contributed by atoms with Crippen LogP contribution in [0.15, 0.2) is 23.2 Å². The maximum absolute atomic E-state index is 13.4. The number of amidine groups is 1. The molecular weight excluding hydrogens is 226 g/mol. The molecule has 1 heterocycles. The second-order valence-electron chi connectivity index (χ2n) is 3.78. The summed E-state index contributed by atoms with van der Waals surface area (Å²) in [6.45, 7) is 3.37. The Bertz CT molecular complexity index is 435. The molecule has 1 unspecified atom stereocenters. The normalized spacial score (nSPS) is 16.3. The van der Waals surface area contributed by atoms with E-state index in [1.807, 2.05) is 6.92 Å². The molecule has 0 saturated carbocycles. The SMILES string of the molecule is CCC(Oc1cc(F)ccc1F)C1=NCCN1. The van der Waals surface area contributed by atoms with Crippen LogP contribution in [-0.4, -0.2) is 25.0 Å². The molecule has 1 aliphatic heterocycles. The van der Waals surface area contributed by atoms with Gasteiger partial charge in [0.05, 0.1) is 6.54 Å². The van der Waals surface area contributed by atoms with Gasteiger partial charge in [-0.25, -0.2) is 8.78 Å². The molecule has 1 aromatic rings. The third kappa shape index (κ3) is 2.72. The molecule has 5 heteroatoms. The lowest BCUT2D eigenvalue weighted by molar-refractivity contribution is 0.246. The molecule has 0 spiro atoms. The highest BCUT2D eigenvalue weighted by atomic mass is 19.1. The fourth-order valence-corrected chi connectivity index (χ4v) is 1.69. The number of benzene rings is 1. The molecule has 0 fully saturated rings.